The number of rotatable bonds is 8. The van der Waals surface area contributed by atoms with Crippen molar-refractivity contribution in [2.24, 2.45) is 0 Å². The number of carbonyl (C=O) groups is 1. The molecule has 0 aliphatic heterocycles. The van der Waals surface area contributed by atoms with Crippen molar-refractivity contribution < 1.29 is 9.53 Å². The molecule has 0 atom stereocenters. The topological polar surface area (TPSA) is 41.6 Å². The van der Waals surface area contributed by atoms with Gasteiger partial charge in [0.05, 0.1) is 0 Å². The number of carbonyl (C=O) groups excluding carboxylic acids is 1. The molecule has 1 N–H and O–H groups in total. The van der Waals surface area contributed by atoms with E-state index in [4.69, 9.17) is 4.74 Å². The van der Waals surface area contributed by atoms with Crippen molar-refractivity contribution >= 4 is 5.91 Å². The Kier molecular flexibility index (Phi) is 5.62. The first kappa shape index (κ1) is 15.8. The highest BCUT2D eigenvalue weighted by molar-refractivity contribution is 5.78. The number of ether oxygens (including phenoxy) is 1. The summed E-state index contributed by atoms with van der Waals surface area (Å²) in [6, 6.07) is 6.55. The fraction of sp³-hybridized carbons (Fsp3) is 0.588. The Hall–Kier alpha value is -1.55. The molecule has 21 heavy (non-hydrogen) atoms. The minimum Gasteiger partial charge on any atom is -0.483 e. The lowest BCUT2D eigenvalue weighted by atomic mass is 10.1. The monoisotopic (exact) mass is 290 g/mol. The van der Waals surface area contributed by atoms with Crippen LogP contribution in [0.25, 0.3) is 0 Å². The van der Waals surface area contributed by atoms with Crippen LogP contribution in [-0.4, -0.2) is 36.5 Å². The van der Waals surface area contributed by atoms with Crippen LogP contribution in [0, 0.1) is 6.92 Å². The smallest absolute Gasteiger partial charge is 0.260 e. The summed E-state index contributed by atoms with van der Waals surface area (Å²) in [5, 5.41) is 3.31. The molecule has 1 aliphatic rings. The predicted octanol–water partition coefficient (Wildman–Crippen LogP) is 2.49. The minimum absolute atomic E-state index is 0.0950. The zero-order valence-corrected chi connectivity index (χ0v) is 13.3. The molecule has 1 aromatic rings. The molecule has 0 aromatic heterocycles. The van der Waals surface area contributed by atoms with E-state index in [2.05, 4.69) is 12.2 Å². The molecule has 4 nitrogen and oxygen atoms in total. The van der Waals surface area contributed by atoms with Crippen molar-refractivity contribution in [1.29, 1.82) is 0 Å². The third-order valence-electron chi connectivity index (χ3n) is 3.85. The van der Waals surface area contributed by atoms with Crippen molar-refractivity contribution in [2.75, 3.05) is 19.7 Å². The highest BCUT2D eigenvalue weighted by atomic mass is 16.5. The third-order valence-corrected chi connectivity index (χ3v) is 3.85. The lowest BCUT2D eigenvalue weighted by Gasteiger charge is -2.21. The van der Waals surface area contributed by atoms with Gasteiger partial charge in [-0.3, -0.25) is 4.79 Å². The highest BCUT2D eigenvalue weighted by Gasteiger charge is 2.31. The average Bonchev–Trinajstić information content (AvgIpc) is 3.29. The first-order chi connectivity index (χ1) is 10.2. The normalized spacial score (nSPS) is 14.0. The summed E-state index contributed by atoms with van der Waals surface area (Å²) < 4.78 is 5.86. The maximum Gasteiger partial charge on any atom is 0.260 e. The summed E-state index contributed by atoms with van der Waals surface area (Å²) in [5.41, 5.74) is 2.19. The van der Waals surface area contributed by atoms with E-state index in [0.29, 0.717) is 6.04 Å². The standard InChI is InChI=1S/C17H26N2O2/c1-4-18-11-14-8-6-7-13(3)17(14)21-12-16(20)19(5-2)15-9-10-15/h6-8,15,18H,4-5,9-12H2,1-3H3. The van der Waals surface area contributed by atoms with E-state index in [1.807, 2.05) is 36.9 Å². The molecule has 0 heterocycles. The van der Waals surface area contributed by atoms with Crippen molar-refractivity contribution in [1.82, 2.24) is 10.2 Å². The second kappa shape index (κ2) is 7.46. The highest BCUT2D eigenvalue weighted by Crippen LogP contribution is 2.27. The fourth-order valence-corrected chi connectivity index (χ4v) is 2.56. The first-order valence-corrected chi connectivity index (χ1v) is 7.88. The van der Waals surface area contributed by atoms with Gasteiger partial charge in [0.2, 0.25) is 0 Å². The van der Waals surface area contributed by atoms with Gasteiger partial charge < -0.3 is 15.0 Å². The van der Waals surface area contributed by atoms with Crippen LogP contribution in [0.5, 0.6) is 5.75 Å². The lowest BCUT2D eigenvalue weighted by molar-refractivity contribution is -0.133. The number of benzene rings is 1. The fourth-order valence-electron chi connectivity index (χ4n) is 2.56. The van der Waals surface area contributed by atoms with Gasteiger partial charge in [-0.05, 0) is 38.8 Å². The SMILES string of the molecule is CCNCc1cccc(C)c1OCC(=O)N(CC)C1CC1. The molecular formula is C17H26N2O2. The lowest BCUT2D eigenvalue weighted by Crippen LogP contribution is -2.36. The summed E-state index contributed by atoms with van der Waals surface area (Å²) in [4.78, 5) is 14.2. The molecule has 1 saturated carbocycles. The number of amides is 1. The molecule has 0 bridgehead atoms. The molecule has 0 spiro atoms. The van der Waals surface area contributed by atoms with Crippen LogP contribution in [0.2, 0.25) is 0 Å². The van der Waals surface area contributed by atoms with E-state index >= 15 is 0 Å². The van der Waals surface area contributed by atoms with Gasteiger partial charge in [-0.1, -0.05) is 25.1 Å². The van der Waals surface area contributed by atoms with E-state index in [0.717, 1.165) is 49.4 Å². The number of nitrogens with zero attached hydrogens (tertiary/aromatic N) is 1. The van der Waals surface area contributed by atoms with Gasteiger partial charge in [-0.2, -0.15) is 0 Å². The molecule has 1 aromatic carbocycles. The third kappa shape index (κ3) is 4.21. The molecule has 116 valence electrons. The maximum absolute atomic E-state index is 12.3. The minimum atomic E-state index is 0.0950. The maximum atomic E-state index is 12.3. The molecule has 0 radical (unpaired) electrons. The molecular weight excluding hydrogens is 264 g/mol. The molecule has 2 rings (SSSR count). The van der Waals surface area contributed by atoms with E-state index in [1.54, 1.807) is 0 Å². The molecule has 1 aliphatic carbocycles. The largest absolute Gasteiger partial charge is 0.483 e. The Morgan fingerprint density at radius 2 is 2.14 bits per heavy atom. The molecule has 4 heteroatoms. The van der Waals surface area contributed by atoms with E-state index in [9.17, 15) is 4.79 Å². The Morgan fingerprint density at radius 3 is 2.76 bits per heavy atom. The summed E-state index contributed by atoms with van der Waals surface area (Å²) in [7, 11) is 0. The van der Waals surface area contributed by atoms with Crippen molar-refractivity contribution in [3.05, 3.63) is 29.3 Å². The summed E-state index contributed by atoms with van der Waals surface area (Å²) in [6.07, 6.45) is 2.27. The summed E-state index contributed by atoms with van der Waals surface area (Å²) in [5.74, 6) is 0.941. The van der Waals surface area contributed by atoms with Gasteiger partial charge in [0, 0.05) is 24.7 Å². The van der Waals surface area contributed by atoms with E-state index in [1.165, 1.54) is 0 Å². The number of nitrogens with one attached hydrogen (secondary N) is 1. The quantitative estimate of drug-likeness (QED) is 0.800. The number of hydrogen-bond donors (Lipinski definition) is 1. The van der Waals surface area contributed by atoms with Gasteiger partial charge in [-0.15, -0.1) is 0 Å². The molecule has 0 saturated heterocycles. The number of likely N-dealkylation sites (N-methyl/N-ethyl adjacent to an activating group) is 1. The second-order valence-corrected chi connectivity index (χ2v) is 5.54. The predicted molar refractivity (Wildman–Crippen MR) is 84.5 cm³/mol. The van der Waals surface area contributed by atoms with Gasteiger partial charge in [-0.25, -0.2) is 0 Å². The summed E-state index contributed by atoms with van der Waals surface area (Å²) in [6.45, 7) is 8.71. The van der Waals surface area contributed by atoms with Crippen molar-refractivity contribution in [3.8, 4) is 5.75 Å². The Balaban J connectivity index is 1.99. The Bertz CT molecular complexity index is 484. The van der Waals surface area contributed by atoms with Crippen LogP contribution < -0.4 is 10.1 Å². The zero-order valence-electron chi connectivity index (χ0n) is 13.3. The number of para-hydroxylation sites is 1. The molecule has 1 fully saturated rings. The van der Waals surface area contributed by atoms with Crippen LogP contribution in [0.3, 0.4) is 0 Å². The van der Waals surface area contributed by atoms with Crippen LogP contribution in [0.1, 0.15) is 37.8 Å². The van der Waals surface area contributed by atoms with Crippen LogP contribution >= 0.6 is 0 Å². The molecule has 1 amide bonds. The Morgan fingerprint density at radius 1 is 1.38 bits per heavy atom. The zero-order chi connectivity index (χ0) is 15.2. The van der Waals surface area contributed by atoms with Gasteiger partial charge >= 0.3 is 0 Å². The van der Waals surface area contributed by atoms with Crippen molar-refractivity contribution in [2.45, 2.75) is 46.2 Å². The number of hydrogen-bond acceptors (Lipinski definition) is 3. The van der Waals surface area contributed by atoms with E-state index < -0.39 is 0 Å². The van der Waals surface area contributed by atoms with Crippen LogP contribution in [-0.2, 0) is 11.3 Å². The number of aryl methyl sites for hydroxylation is 1. The van der Waals surface area contributed by atoms with Gasteiger partial charge in [0.25, 0.3) is 5.91 Å². The van der Waals surface area contributed by atoms with Crippen molar-refractivity contribution in [3.63, 3.8) is 0 Å². The van der Waals surface area contributed by atoms with Gasteiger partial charge in [0.1, 0.15) is 5.75 Å². The second-order valence-electron chi connectivity index (χ2n) is 5.54. The summed E-state index contributed by atoms with van der Waals surface area (Å²) >= 11 is 0. The first-order valence-electron chi connectivity index (χ1n) is 7.88. The van der Waals surface area contributed by atoms with Gasteiger partial charge in [0.15, 0.2) is 6.61 Å². The molecule has 0 unspecified atom stereocenters. The average molecular weight is 290 g/mol. The van der Waals surface area contributed by atoms with Crippen LogP contribution in [0.15, 0.2) is 18.2 Å². The Labute approximate surface area is 127 Å². The van der Waals surface area contributed by atoms with Crippen LogP contribution in [0.4, 0.5) is 0 Å². The van der Waals surface area contributed by atoms with E-state index in [-0.39, 0.29) is 12.5 Å².